The summed E-state index contributed by atoms with van der Waals surface area (Å²) in [5.41, 5.74) is 3.96. The molecular weight excluding hydrogens is 418 g/mol. The number of carbonyl (C=O) groups is 1. The van der Waals surface area contributed by atoms with E-state index in [0.29, 0.717) is 12.3 Å². The summed E-state index contributed by atoms with van der Waals surface area (Å²) in [6.45, 7) is 3.75. The molecule has 4 aromatic rings. The van der Waals surface area contributed by atoms with Gasteiger partial charge < -0.3 is 15.0 Å². The second-order valence-electron chi connectivity index (χ2n) is 7.88. The number of rotatable bonds is 6. The summed E-state index contributed by atoms with van der Waals surface area (Å²) in [5.74, 6) is 1.15. The van der Waals surface area contributed by atoms with Gasteiger partial charge in [-0.1, -0.05) is 30.3 Å². The first-order valence-electron chi connectivity index (χ1n) is 10.9. The SMILES string of the molecule is COC(=O)CN1CCN(c2ccc(Nc3cc(-c4ccccc4)nc4ncnn34)cc2)CC1. The smallest absolute Gasteiger partial charge is 0.319 e. The minimum atomic E-state index is -0.188. The molecule has 1 fully saturated rings. The summed E-state index contributed by atoms with van der Waals surface area (Å²) in [4.78, 5) is 24.8. The maximum absolute atomic E-state index is 11.5. The van der Waals surface area contributed by atoms with Crippen molar-refractivity contribution >= 4 is 28.9 Å². The Morgan fingerprint density at radius 1 is 1.03 bits per heavy atom. The second kappa shape index (κ2) is 9.25. The third-order valence-corrected chi connectivity index (χ3v) is 5.78. The number of ether oxygens (including phenoxy) is 1. The van der Waals surface area contributed by atoms with E-state index < -0.39 is 0 Å². The maximum atomic E-state index is 11.5. The molecule has 9 heteroatoms. The number of benzene rings is 2. The van der Waals surface area contributed by atoms with E-state index in [9.17, 15) is 4.79 Å². The molecule has 0 saturated carbocycles. The number of carbonyl (C=O) groups excluding carboxylic acids is 1. The number of hydrogen-bond acceptors (Lipinski definition) is 8. The Morgan fingerprint density at radius 2 is 1.79 bits per heavy atom. The number of aromatic nitrogens is 4. The number of hydrogen-bond donors (Lipinski definition) is 1. The lowest BCUT2D eigenvalue weighted by Gasteiger charge is -2.35. The Morgan fingerprint density at radius 3 is 2.52 bits per heavy atom. The molecule has 1 saturated heterocycles. The normalized spacial score (nSPS) is 14.4. The van der Waals surface area contributed by atoms with E-state index in [1.165, 1.54) is 13.4 Å². The van der Waals surface area contributed by atoms with Gasteiger partial charge in [0.25, 0.3) is 5.78 Å². The Kier molecular flexibility index (Phi) is 5.86. The van der Waals surface area contributed by atoms with E-state index in [2.05, 4.69) is 54.4 Å². The van der Waals surface area contributed by atoms with Crippen molar-refractivity contribution in [1.29, 1.82) is 0 Å². The Hall–Kier alpha value is -3.98. The summed E-state index contributed by atoms with van der Waals surface area (Å²) in [6, 6.07) is 20.3. The first-order chi connectivity index (χ1) is 16.2. The van der Waals surface area contributed by atoms with Gasteiger partial charge in [0.05, 0.1) is 19.3 Å². The van der Waals surface area contributed by atoms with Gasteiger partial charge in [-0.3, -0.25) is 9.69 Å². The number of nitrogens with zero attached hydrogens (tertiary/aromatic N) is 6. The van der Waals surface area contributed by atoms with Crippen LogP contribution in [0.2, 0.25) is 0 Å². The fraction of sp³-hybridized carbons (Fsp3) is 0.250. The molecule has 0 atom stereocenters. The van der Waals surface area contributed by atoms with Gasteiger partial charge in [0, 0.05) is 49.2 Å². The van der Waals surface area contributed by atoms with Crippen LogP contribution in [0.4, 0.5) is 17.2 Å². The standard InChI is InChI=1S/C24H25N7O2/c1-33-23(32)16-29-11-13-30(14-12-29)20-9-7-19(8-10-20)27-22-15-21(18-5-3-2-4-6-18)28-24-25-17-26-31(22)24/h2-10,15,17,27H,11-14,16H2,1H3. The van der Waals surface area contributed by atoms with E-state index in [1.54, 1.807) is 4.52 Å². The van der Waals surface area contributed by atoms with E-state index in [-0.39, 0.29) is 5.97 Å². The van der Waals surface area contributed by atoms with Gasteiger partial charge in [-0.2, -0.15) is 14.6 Å². The zero-order valence-electron chi connectivity index (χ0n) is 18.4. The molecule has 3 heterocycles. The van der Waals surface area contributed by atoms with Gasteiger partial charge in [-0.05, 0) is 24.3 Å². The molecular formula is C24H25N7O2. The Labute approximate surface area is 191 Å². The molecule has 0 aliphatic carbocycles. The minimum absolute atomic E-state index is 0.188. The van der Waals surface area contributed by atoms with Crippen LogP contribution >= 0.6 is 0 Å². The van der Waals surface area contributed by atoms with E-state index in [4.69, 9.17) is 4.74 Å². The summed E-state index contributed by atoms with van der Waals surface area (Å²) in [7, 11) is 1.43. The lowest BCUT2D eigenvalue weighted by atomic mass is 10.1. The van der Waals surface area contributed by atoms with Crippen molar-refractivity contribution in [3.05, 3.63) is 67.0 Å². The van der Waals surface area contributed by atoms with Crippen molar-refractivity contribution in [2.24, 2.45) is 0 Å². The van der Waals surface area contributed by atoms with Gasteiger partial charge in [0.15, 0.2) is 0 Å². The number of anilines is 3. The molecule has 1 N–H and O–H groups in total. The topological polar surface area (TPSA) is 87.9 Å². The number of esters is 1. The number of methoxy groups -OCH3 is 1. The molecule has 9 nitrogen and oxygen atoms in total. The fourth-order valence-electron chi connectivity index (χ4n) is 3.97. The van der Waals surface area contributed by atoms with Crippen molar-refractivity contribution in [1.82, 2.24) is 24.5 Å². The van der Waals surface area contributed by atoms with Gasteiger partial charge >= 0.3 is 5.97 Å². The quantitative estimate of drug-likeness (QED) is 0.455. The van der Waals surface area contributed by atoms with Crippen LogP contribution in [0, 0.1) is 0 Å². The van der Waals surface area contributed by atoms with Crippen LogP contribution in [0.3, 0.4) is 0 Å². The highest BCUT2D eigenvalue weighted by molar-refractivity contribution is 5.71. The highest BCUT2D eigenvalue weighted by Gasteiger charge is 2.19. The highest BCUT2D eigenvalue weighted by Crippen LogP contribution is 2.25. The summed E-state index contributed by atoms with van der Waals surface area (Å²) >= 11 is 0. The molecule has 0 unspecified atom stereocenters. The first-order valence-corrected chi connectivity index (χ1v) is 10.9. The van der Waals surface area contributed by atoms with Crippen molar-refractivity contribution in [2.75, 3.05) is 50.1 Å². The average Bonchev–Trinajstić information content (AvgIpc) is 3.35. The lowest BCUT2D eigenvalue weighted by molar-refractivity contribution is -0.142. The van der Waals surface area contributed by atoms with E-state index in [0.717, 1.165) is 54.6 Å². The third-order valence-electron chi connectivity index (χ3n) is 5.78. The minimum Gasteiger partial charge on any atom is -0.468 e. The first kappa shape index (κ1) is 20.9. The van der Waals surface area contributed by atoms with Crippen molar-refractivity contribution in [2.45, 2.75) is 0 Å². The number of nitrogens with one attached hydrogen (secondary N) is 1. The lowest BCUT2D eigenvalue weighted by Crippen LogP contribution is -2.48. The van der Waals surface area contributed by atoms with Crippen LogP contribution in [0.15, 0.2) is 67.0 Å². The molecule has 2 aromatic heterocycles. The van der Waals surface area contributed by atoms with Gasteiger partial charge in [-0.15, -0.1) is 0 Å². The molecule has 0 spiro atoms. The van der Waals surface area contributed by atoms with Gasteiger partial charge in [0.2, 0.25) is 0 Å². The monoisotopic (exact) mass is 443 g/mol. The molecule has 0 amide bonds. The van der Waals surface area contributed by atoms with Gasteiger partial charge in [0.1, 0.15) is 12.1 Å². The van der Waals surface area contributed by atoms with Crippen LogP contribution in [0.1, 0.15) is 0 Å². The van der Waals surface area contributed by atoms with Crippen molar-refractivity contribution in [3.8, 4) is 11.3 Å². The second-order valence-corrected chi connectivity index (χ2v) is 7.88. The molecule has 5 rings (SSSR count). The van der Waals surface area contributed by atoms with E-state index >= 15 is 0 Å². The number of fused-ring (bicyclic) bond motifs is 1. The van der Waals surface area contributed by atoms with Crippen LogP contribution in [-0.4, -0.2) is 70.3 Å². The maximum Gasteiger partial charge on any atom is 0.319 e. The Balaban J connectivity index is 1.30. The average molecular weight is 444 g/mol. The molecule has 33 heavy (non-hydrogen) atoms. The predicted molar refractivity (Wildman–Crippen MR) is 127 cm³/mol. The van der Waals surface area contributed by atoms with Crippen LogP contribution in [0.5, 0.6) is 0 Å². The van der Waals surface area contributed by atoms with Crippen LogP contribution < -0.4 is 10.2 Å². The fourth-order valence-corrected chi connectivity index (χ4v) is 3.97. The Bertz CT molecular complexity index is 1230. The van der Waals surface area contributed by atoms with Crippen molar-refractivity contribution < 1.29 is 9.53 Å². The predicted octanol–water partition coefficient (Wildman–Crippen LogP) is 2.83. The highest BCUT2D eigenvalue weighted by atomic mass is 16.5. The summed E-state index contributed by atoms with van der Waals surface area (Å²) in [6.07, 6.45) is 1.51. The molecule has 1 aliphatic heterocycles. The van der Waals surface area contributed by atoms with Gasteiger partial charge in [-0.25, -0.2) is 4.98 Å². The zero-order chi connectivity index (χ0) is 22.6. The summed E-state index contributed by atoms with van der Waals surface area (Å²) in [5, 5.41) is 7.76. The largest absolute Gasteiger partial charge is 0.468 e. The molecule has 0 bridgehead atoms. The van der Waals surface area contributed by atoms with Crippen LogP contribution in [0.25, 0.3) is 17.0 Å². The van der Waals surface area contributed by atoms with Crippen molar-refractivity contribution in [3.63, 3.8) is 0 Å². The zero-order valence-corrected chi connectivity index (χ0v) is 18.4. The molecule has 2 aromatic carbocycles. The molecule has 0 radical (unpaired) electrons. The molecule has 1 aliphatic rings. The third kappa shape index (κ3) is 4.63. The number of piperazine rings is 1. The van der Waals surface area contributed by atoms with E-state index in [1.807, 2.05) is 36.4 Å². The van der Waals surface area contributed by atoms with Crippen LogP contribution in [-0.2, 0) is 9.53 Å². The molecule has 168 valence electrons. The summed E-state index contributed by atoms with van der Waals surface area (Å²) < 4.78 is 6.46.